The zero-order valence-electron chi connectivity index (χ0n) is 14.1. The molecule has 1 N–H and O–H groups in total. The summed E-state index contributed by atoms with van der Waals surface area (Å²) in [5.41, 5.74) is 0. The van der Waals surface area contributed by atoms with Gasteiger partial charge in [0.25, 0.3) is 0 Å². The lowest BCUT2D eigenvalue weighted by atomic mass is 10.9. The Morgan fingerprint density at radius 3 is 1.17 bits per heavy atom. The van der Waals surface area contributed by atoms with Crippen LogP contribution in [0.2, 0.25) is 65.0 Å². The molecule has 0 heterocycles. The van der Waals surface area contributed by atoms with Gasteiger partial charge in [-0.3, -0.25) is 0 Å². The van der Waals surface area contributed by atoms with Gasteiger partial charge in [-0.15, -0.1) is 0 Å². The fraction of sp³-hybridized carbons (Fsp3) is 1.00. The van der Waals surface area contributed by atoms with Crippen molar-refractivity contribution in [2.24, 2.45) is 0 Å². The highest BCUT2D eigenvalue weighted by Crippen LogP contribution is 2.26. The number of aliphatic hydroxyl groups excluding tert-OH is 1. The van der Waals surface area contributed by atoms with Crippen molar-refractivity contribution in [1.82, 2.24) is 0 Å². The van der Waals surface area contributed by atoms with Crippen molar-refractivity contribution in [1.29, 1.82) is 0 Å². The molecule has 0 aliphatic rings. The minimum Gasteiger partial charge on any atom is -0.437 e. The van der Waals surface area contributed by atoms with Crippen LogP contribution in [-0.2, 0) is 12.3 Å². The van der Waals surface area contributed by atoms with E-state index in [1.54, 1.807) is 0 Å². The summed E-state index contributed by atoms with van der Waals surface area (Å²) >= 11 is 0. The van der Waals surface area contributed by atoms with Gasteiger partial charge in [0, 0.05) is 12.7 Å². The van der Waals surface area contributed by atoms with Crippen LogP contribution < -0.4 is 0 Å². The Morgan fingerprint density at radius 1 is 0.583 bits per heavy atom. The van der Waals surface area contributed by atoms with E-state index in [1.807, 2.05) is 0 Å². The molecule has 0 fully saturated rings. The molecule has 8 heteroatoms. The van der Waals surface area contributed by atoms with Crippen LogP contribution in [0.3, 0.4) is 0 Å². The Hall–Kier alpha value is 0.708. The van der Waals surface area contributed by atoms with Crippen molar-refractivity contribution in [2.45, 2.75) is 102 Å². The van der Waals surface area contributed by atoms with E-state index in [0.717, 1.165) is 0 Å². The highest BCUT2D eigenvalue weighted by Gasteiger charge is 2.44. The molecule has 1 unspecified atom stereocenters. The highest BCUT2D eigenvalue weighted by molar-refractivity contribution is 6.89. The predicted octanol–water partition coefficient (Wildman–Crippen LogP) is 6.65. The average molecular weight is 421 g/mol. The minimum absolute atomic E-state index is 0. The van der Waals surface area contributed by atoms with Gasteiger partial charge in [0.05, 0.1) is 0 Å². The summed E-state index contributed by atoms with van der Waals surface area (Å²) in [6.07, 6.45) is 0. The number of aliphatic hydroxyl groups is 1. The third-order valence-electron chi connectivity index (χ3n) is 2.10. The summed E-state index contributed by atoms with van der Waals surface area (Å²) in [6.45, 7) is 19.4. The van der Waals surface area contributed by atoms with Crippen molar-refractivity contribution >= 4 is 33.8 Å². The maximum absolute atomic E-state index is 9.30. The first-order valence-electron chi connectivity index (χ1n) is 6.89. The Labute approximate surface area is 160 Å². The molecule has 0 aromatic rings. The van der Waals surface area contributed by atoms with E-state index in [1.165, 1.54) is 0 Å². The fourth-order valence-corrected chi connectivity index (χ4v) is 19.8. The third-order valence-corrected chi connectivity index (χ3v) is 15.5. The lowest BCUT2D eigenvalue weighted by Gasteiger charge is -2.41. The molecular weight excluding hydrogens is 369 g/mol. The average Bonchev–Trinajstić information content (AvgIpc) is 1.90. The Morgan fingerprint density at radius 2 is 0.917 bits per heavy atom. The van der Waals surface area contributed by atoms with Gasteiger partial charge in [0.2, 0.25) is 0 Å². The molecule has 0 saturated carbocycles. The van der Waals surface area contributed by atoms with Crippen LogP contribution in [0.25, 0.3) is 0 Å². The molecule has 0 spiro atoms. The first-order chi connectivity index (χ1) is 8.18. The predicted molar refractivity (Wildman–Crippen MR) is 125 cm³/mol. The van der Waals surface area contributed by atoms with Gasteiger partial charge in [-0.05, 0) is 58.9 Å². The molecule has 1 atom stereocenters. The van der Waals surface area contributed by atoms with E-state index < -0.39 is 33.8 Å². The molecule has 0 aliphatic heterocycles. The fourth-order valence-electron chi connectivity index (χ4n) is 2.25. The van der Waals surface area contributed by atoms with Crippen LogP contribution in [0.4, 0.5) is 0 Å². The summed E-state index contributed by atoms with van der Waals surface area (Å²) in [5.74, 6) is 0. The molecule has 0 saturated heterocycles. The molecule has 4 nitrogen and oxygen atoms in total. The van der Waals surface area contributed by atoms with Crippen molar-refractivity contribution in [3.05, 3.63) is 0 Å². The summed E-state index contributed by atoms with van der Waals surface area (Å²) in [4.78, 5) is 0. The van der Waals surface area contributed by atoms with Gasteiger partial charge < -0.3 is 17.5 Å². The molecule has 24 heavy (non-hydrogen) atoms. The normalized spacial score (nSPS) is 13.8. The van der Waals surface area contributed by atoms with Crippen molar-refractivity contribution in [3.63, 3.8) is 0 Å². The largest absolute Gasteiger partial charge is 0.437 e. The lowest BCUT2D eigenvalue weighted by molar-refractivity contribution is 0.280. The van der Waals surface area contributed by atoms with Crippen molar-refractivity contribution in [3.8, 4) is 0 Å². The molecule has 0 aliphatic carbocycles. The highest BCUT2D eigenvalue weighted by atomic mass is 28.5. The second kappa shape index (κ2) is 13.9. The standard InChI is InChI=1S/C11H32O4Si4.5CH4/c1-16(2,3)13-18(7,8)15-19(9,11-10-12)14-17(4,5)6;;;;;/h12H,10-11H2,1-9H3;5*1H4. The van der Waals surface area contributed by atoms with Gasteiger partial charge >= 0.3 is 17.1 Å². The topological polar surface area (TPSA) is 47.9 Å². The lowest BCUT2D eigenvalue weighted by Crippen LogP contribution is -2.57. The van der Waals surface area contributed by atoms with Gasteiger partial charge in [-0.2, -0.15) is 0 Å². The monoisotopic (exact) mass is 420 g/mol. The first-order valence-corrected chi connectivity index (χ1v) is 19.1. The SMILES string of the molecule is C.C.C.C.C.C[Si](C)(C)O[Si](C)(C)O[Si](C)(CCO)O[Si](C)(C)C. The summed E-state index contributed by atoms with van der Waals surface area (Å²) in [5, 5.41) is 9.30. The third kappa shape index (κ3) is 20.8. The van der Waals surface area contributed by atoms with Crippen LogP contribution in [0, 0.1) is 0 Å². The Bertz CT molecular complexity index is 289. The van der Waals surface area contributed by atoms with Crippen LogP contribution in [-0.4, -0.2) is 45.5 Å². The van der Waals surface area contributed by atoms with Crippen LogP contribution >= 0.6 is 0 Å². The minimum atomic E-state index is -2.35. The van der Waals surface area contributed by atoms with E-state index in [-0.39, 0.29) is 43.7 Å². The van der Waals surface area contributed by atoms with Gasteiger partial charge in [0.1, 0.15) is 0 Å². The molecule has 0 amide bonds. The molecule has 0 aromatic carbocycles. The molecule has 156 valence electrons. The summed E-state index contributed by atoms with van der Waals surface area (Å²) < 4.78 is 18.9. The van der Waals surface area contributed by atoms with Crippen molar-refractivity contribution < 1.29 is 17.5 Å². The van der Waals surface area contributed by atoms with E-state index in [9.17, 15) is 5.11 Å². The number of hydrogen-bond donors (Lipinski definition) is 1. The van der Waals surface area contributed by atoms with Crippen LogP contribution in [0.15, 0.2) is 0 Å². The summed E-state index contributed by atoms with van der Waals surface area (Å²) in [7, 11) is -7.86. The second-order valence-corrected chi connectivity index (χ2v) is 24.0. The van der Waals surface area contributed by atoms with Crippen molar-refractivity contribution in [2.75, 3.05) is 6.61 Å². The molecule has 0 radical (unpaired) electrons. The van der Waals surface area contributed by atoms with Gasteiger partial charge in [-0.25, -0.2) is 0 Å². The zero-order valence-corrected chi connectivity index (χ0v) is 18.1. The van der Waals surface area contributed by atoms with Crippen LogP contribution in [0.5, 0.6) is 0 Å². The molecule has 0 bridgehead atoms. The van der Waals surface area contributed by atoms with Crippen LogP contribution in [0.1, 0.15) is 37.1 Å². The number of rotatable bonds is 8. The van der Waals surface area contributed by atoms with E-state index in [0.29, 0.717) is 6.04 Å². The number of hydrogen-bond acceptors (Lipinski definition) is 4. The van der Waals surface area contributed by atoms with Gasteiger partial charge in [0.15, 0.2) is 16.6 Å². The van der Waals surface area contributed by atoms with E-state index in [4.69, 9.17) is 12.3 Å². The first kappa shape index (κ1) is 39.7. The van der Waals surface area contributed by atoms with E-state index in [2.05, 4.69) is 58.9 Å². The van der Waals surface area contributed by atoms with Gasteiger partial charge in [-0.1, -0.05) is 37.1 Å². The van der Waals surface area contributed by atoms with E-state index >= 15 is 0 Å². The molecular formula is C16H52O4Si4. The second-order valence-electron chi connectivity index (χ2n) is 7.54. The maximum Gasteiger partial charge on any atom is 0.318 e. The zero-order chi connectivity index (χ0) is 15.5. The smallest absolute Gasteiger partial charge is 0.318 e. The molecule has 0 rings (SSSR count). The summed E-state index contributed by atoms with van der Waals surface area (Å²) in [6, 6.07) is 0.614. The quantitative estimate of drug-likeness (QED) is 0.446. The molecule has 0 aromatic heterocycles. The Kier molecular flexibility index (Phi) is 22.9. The maximum atomic E-state index is 9.30. The Balaban J connectivity index is -0.000000162.